The summed E-state index contributed by atoms with van der Waals surface area (Å²) in [5.74, 6) is -1.24. The van der Waals surface area contributed by atoms with Gasteiger partial charge in [0.15, 0.2) is 5.82 Å². The van der Waals surface area contributed by atoms with E-state index >= 15 is 4.39 Å². The molecule has 0 spiro atoms. The molecule has 0 aliphatic carbocycles. The molecule has 2 aromatic carbocycles. The summed E-state index contributed by atoms with van der Waals surface area (Å²) in [6.45, 7) is 5.14. The Morgan fingerprint density at radius 1 is 1.38 bits per heavy atom. The lowest BCUT2D eigenvalue weighted by atomic mass is 9.94. The van der Waals surface area contributed by atoms with Gasteiger partial charge >= 0.3 is 0 Å². The Labute approximate surface area is 204 Å². The van der Waals surface area contributed by atoms with Gasteiger partial charge in [0.25, 0.3) is 6.43 Å². The molecule has 34 heavy (non-hydrogen) atoms. The standard InChI is InChI=1S/C23H21ClF3N5OS/c1-3-17(33)31-6-7-32(16(10-31)22(26)27)23(34)12-8-14(24)19(20(25)21(12)28)18-11(2)4-5-15-13(18)9-29-30-15/h3-5,8-9,16,22H,1,6-7,10,28H2,2H3,(H,29,30)/t16-/m1/s1. The van der Waals surface area contributed by atoms with E-state index in [1.165, 1.54) is 15.9 Å². The van der Waals surface area contributed by atoms with Crippen LogP contribution in [-0.2, 0) is 4.79 Å². The summed E-state index contributed by atoms with van der Waals surface area (Å²) in [7, 11) is 0. The summed E-state index contributed by atoms with van der Waals surface area (Å²) in [5.41, 5.74) is 7.97. The van der Waals surface area contributed by atoms with Gasteiger partial charge in [0.2, 0.25) is 5.91 Å². The van der Waals surface area contributed by atoms with Gasteiger partial charge in [0.05, 0.1) is 22.4 Å². The van der Waals surface area contributed by atoms with Crippen LogP contribution in [-0.4, -0.2) is 63.0 Å². The van der Waals surface area contributed by atoms with Crippen LogP contribution in [0.3, 0.4) is 0 Å². The number of aryl methyl sites for hydroxylation is 1. The van der Waals surface area contributed by atoms with E-state index in [1.54, 1.807) is 12.3 Å². The zero-order chi connectivity index (χ0) is 24.7. The number of nitrogens with two attached hydrogens (primary N) is 1. The minimum atomic E-state index is -2.81. The number of nitrogens with zero attached hydrogens (tertiary/aromatic N) is 3. The normalized spacial score (nSPS) is 16.4. The fourth-order valence-corrected chi connectivity index (χ4v) is 4.94. The molecule has 1 saturated heterocycles. The second kappa shape index (κ2) is 9.27. The van der Waals surface area contributed by atoms with Crippen LogP contribution in [0.4, 0.5) is 18.9 Å². The predicted molar refractivity (Wildman–Crippen MR) is 131 cm³/mol. The van der Waals surface area contributed by atoms with Gasteiger partial charge in [-0.25, -0.2) is 13.2 Å². The molecule has 1 aromatic heterocycles. The highest BCUT2D eigenvalue weighted by Gasteiger charge is 2.37. The first kappa shape index (κ1) is 24.0. The summed E-state index contributed by atoms with van der Waals surface area (Å²) in [6.07, 6.45) is -0.162. The first-order valence-electron chi connectivity index (χ1n) is 10.4. The van der Waals surface area contributed by atoms with Gasteiger partial charge in [-0.1, -0.05) is 36.5 Å². The maximum absolute atomic E-state index is 15.7. The number of piperazine rings is 1. The summed E-state index contributed by atoms with van der Waals surface area (Å²) >= 11 is 12.0. The van der Waals surface area contributed by atoms with E-state index in [-0.39, 0.29) is 46.5 Å². The molecule has 0 unspecified atom stereocenters. The number of carbonyl (C=O) groups is 1. The Hall–Kier alpha value is -3.11. The third-order valence-corrected chi connectivity index (χ3v) is 6.78. The largest absolute Gasteiger partial charge is 0.396 e. The quantitative estimate of drug-likeness (QED) is 0.308. The monoisotopic (exact) mass is 507 g/mol. The number of halogens is 4. The molecule has 1 atom stereocenters. The van der Waals surface area contributed by atoms with Crippen molar-refractivity contribution in [2.75, 3.05) is 25.4 Å². The molecule has 1 aliphatic heterocycles. The molecule has 1 fully saturated rings. The molecule has 1 amide bonds. The lowest BCUT2D eigenvalue weighted by Gasteiger charge is -2.42. The number of thiocarbonyl (C=S) groups is 1. The summed E-state index contributed by atoms with van der Waals surface area (Å²) in [4.78, 5) is 14.4. The van der Waals surface area contributed by atoms with Crippen molar-refractivity contribution in [2.24, 2.45) is 0 Å². The maximum atomic E-state index is 15.7. The minimum absolute atomic E-state index is 0.0291. The SMILES string of the molecule is C=CC(=O)N1CCN(C(=S)c2cc(Cl)c(-c3c(C)ccc4[nH]ncc34)c(F)c2N)[C@@H](C(F)F)C1. The molecule has 178 valence electrons. The lowest BCUT2D eigenvalue weighted by Crippen LogP contribution is -2.58. The molecular weight excluding hydrogens is 487 g/mol. The number of carbonyl (C=O) groups excluding carboxylic acids is 1. The van der Waals surface area contributed by atoms with Gasteiger partial charge in [0.1, 0.15) is 11.0 Å². The topological polar surface area (TPSA) is 78.2 Å². The Kier molecular flexibility index (Phi) is 6.55. The van der Waals surface area contributed by atoms with Crippen molar-refractivity contribution in [1.82, 2.24) is 20.0 Å². The molecular formula is C23H21ClF3N5OS. The van der Waals surface area contributed by atoms with Crippen molar-refractivity contribution in [1.29, 1.82) is 0 Å². The van der Waals surface area contributed by atoms with Crippen molar-refractivity contribution in [3.05, 3.63) is 59.0 Å². The van der Waals surface area contributed by atoms with E-state index in [9.17, 15) is 13.6 Å². The molecule has 6 nitrogen and oxygen atoms in total. The van der Waals surface area contributed by atoms with Crippen molar-refractivity contribution >= 4 is 51.3 Å². The molecule has 1 aliphatic rings. The lowest BCUT2D eigenvalue weighted by molar-refractivity contribution is -0.129. The Bertz CT molecular complexity index is 1310. The molecule has 3 N–H and O–H groups in total. The van der Waals surface area contributed by atoms with Gasteiger partial charge in [0, 0.05) is 41.7 Å². The second-order valence-electron chi connectivity index (χ2n) is 7.99. The highest BCUT2D eigenvalue weighted by molar-refractivity contribution is 7.80. The van der Waals surface area contributed by atoms with Crippen molar-refractivity contribution in [2.45, 2.75) is 19.4 Å². The van der Waals surface area contributed by atoms with Crippen molar-refractivity contribution in [3.8, 4) is 11.1 Å². The van der Waals surface area contributed by atoms with Gasteiger partial charge in [-0.15, -0.1) is 0 Å². The van der Waals surface area contributed by atoms with Crippen LogP contribution in [0.1, 0.15) is 11.1 Å². The number of alkyl halides is 2. The fraction of sp³-hybridized carbons (Fsp3) is 0.261. The molecule has 2 heterocycles. The number of H-pyrrole nitrogens is 1. The maximum Gasteiger partial charge on any atom is 0.260 e. The van der Waals surface area contributed by atoms with Gasteiger partial charge in [-0.2, -0.15) is 5.10 Å². The van der Waals surface area contributed by atoms with Gasteiger partial charge in [-0.05, 0) is 30.7 Å². The third kappa shape index (κ3) is 4.01. The number of nitrogens with one attached hydrogen (secondary N) is 1. The van der Waals surface area contributed by atoms with Crippen LogP contribution >= 0.6 is 23.8 Å². The number of fused-ring (bicyclic) bond motifs is 1. The molecule has 0 saturated carbocycles. The number of aromatic amines is 1. The molecule has 4 rings (SSSR count). The number of aromatic nitrogens is 2. The van der Waals surface area contributed by atoms with E-state index in [1.807, 2.05) is 13.0 Å². The Morgan fingerprint density at radius 3 is 2.79 bits per heavy atom. The Morgan fingerprint density at radius 2 is 2.12 bits per heavy atom. The summed E-state index contributed by atoms with van der Waals surface area (Å²) in [6, 6.07) is 3.64. The van der Waals surface area contributed by atoms with E-state index in [0.29, 0.717) is 16.5 Å². The van der Waals surface area contributed by atoms with Crippen LogP contribution in [0.25, 0.3) is 22.0 Å². The van der Waals surface area contributed by atoms with Crippen LogP contribution in [0, 0.1) is 12.7 Å². The van der Waals surface area contributed by atoms with E-state index < -0.39 is 24.2 Å². The minimum Gasteiger partial charge on any atom is -0.396 e. The zero-order valence-electron chi connectivity index (χ0n) is 18.1. The molecule has 3 aromatic rings. The highest BCUT2D eigenvalue weighted by atomic mass is 35.5. The highest BCUT2D eigenvalue weighted by Crippen LogP contribution is 2.41. The van der Waals surface area contributed by atoms with Crippen LogP contribution < -0.4 is 5.73 Å². The van der Waals surface area contributed by atoms with Crippen molar-refractivity contribution < 1.29 is 18.0 Å². The van der Waals surface area contributed by atoms with E-state index in [4.69, 9.17) is 29.6 Å². The van der Waals surface area contributed by atoms with Crippen LogP contribution in [0.15, 0.2) is 37.1 Å². The second-order valence-corrected chi connectivity index (χ2v) is 8.78. The van der Waals surface area contributed by atoms with Crippen molar-refractivity contribution in [3.63, 3.8) is 0 Å². The van der Waals surface area contributed by atoms with Gasteiger partial charge < -0.3 is 15.5 Å². The van der Waals surface area contributed by atoms with E-state index in [0.717, 1.165) is 11.6 Å². The van der Waals surface area contributed by atoms with Crippen LogP contribution in [0.2, 0.25) is 5.02 Å². The summed E-state index contributed by atoms with van der Waals surface area (Å²) in [5, 5.41) is 7.55. The number of hydrogen-bond acceptors (Lipinski definition) is 4. The number of benzene rings is 2. The van der Waals surface area contributed by atoms with E-state index in [2.05, 4.69) is 16.8 Å². The fourth-order valence-electron chi connectivity index (χ4n) is 4.26. The molecule has 0 radical (unpaired) electrons. The third-order valence-electron chi connectivity index (χ3n) is 6.03. The number of amides is 1. The smallest absolute Gasteiger partial charge is 0.260 e. The number of nitrogen functional groups attached to an aromatic ring is 1. The first-order valence-corrected chi connectivity index (χ1v) is 11.1. The average molecular weight is 508 g/mol. The summed E-state index contributed by atoms with van der Waals surface area (Å²) < 4.78 is 43.5. The number of anilines is 1. The average Bonchev–Trinajstić information content (AvgIpc) is 3.30. The zero-order valence-corrected chi connectivity index (χ0v) is 19.7. The molecule has 0 bridgehead atoms. The van der Waals surface area contributed by atoms with Crippen LogP contribution in [0.5, 0.6) is 0 Å². The number of rotatable bonds is 4. The first-order chi connectivity index (χ1) is 16.1. The Balaban J connectivity index is 1.76. The van der Waals surface area contributed by atoms with Gasteiger partial charge in [-0.3, -0.25) is 9.89 Å². The number of hydrogen-bond donors (Lipinski definition) is 2. The molecule has 11 heteroatoms. The predicted octanol–water partition coefficient (Wildman–Crippen LogP) is 4.55.